The maximum absolute atomic E-state index is 5.73. The molecule has 0 heterocycles. The predicted octanol–water partition coefficient (Wildman–Crippen LogP) is 1.33. The van der Waals surface area contributed by atoms with Gasteiger partial charge in [-0.15, -0.1) is 0 Å². The lowest BCUT2D eigenvalue weighted by atomic mass is 9.96. The third-order valence-electron chi connectivity index (χ3n) is 2.61. The zero-order chi connectivity index (χ0) is 10.8. The van der Waals surface area contributed by atoms with E-state index in [9.17, 15) is 0 Å². The third kappa shape index (κ3) is 6.92. The van der Waals surface area contributed by atoms with Crippen molar-refractivity contribution in [3.63, 3.8) is 0 Å². The smallest absolute Gasteiger partial charge is 0.00372 e. The van der Waals surface area contributed by atoms with Gasteiger partial charge in [0, 0.05) is 5.70 Å². The van der Waals surface area contributed by atoms with Crippen molar-refractivity contribution in [3.8, 4) is 0 Å². The van der Waals surface area contributed by atoms with E-state index in [2.05, 4.69) is 0 Å². The molecule has 3 heteroatoms. The van der Waals surface area contributed by atoms with Gasteiger partial charge in [-0.3, -0.25) is 0 Å². The van der Waals surface area contributed by atoms with Gasteiger partial charge >= 0.3 is 0 Å². The van der Waals surface area contributed by atoms with Crippen molar-refractivity contribution < 1.29 is 0 Å². The molecule has 0 bridgehead atoms. The summed E-state index contributed by atoms with van der Waals surface area (Å²) >= 11 is 0. The van der Waals surface area contributed by atoms with Crippen molar-refractivity contribution in [1.82, 2.24) is 0 Å². The Labute approximate surface area is 87.7 Å². The van der Waals surface area contributed by atoms with Crippen LogP contribution in [0.3, 0.4) is 0 Å². The minimum atomic E-state index is 0.611. The third-order valence-corrected chi connectivity index (χ3v) is 2.61. The number of unbranched alkanes of at least 4 members (excludes halogenated alkanes) is 1. The van der Waals surface area contributed by atoms with Gasteiger partial charge < -0.3 is 17.2 Å². The fourth-order valence-corrected chi connectivity index (χ4v) is 1.47. The lowest BCUT2D eigenvalue weighted by Gasteiger charge is -2.14. The summed E-state index contributed by atoms with van der Waals surface area (Å²) in [5.74, 6) is 0.611. The highest BCUT2D eigenvalue weighted by atomic mass is 14.6. The van der Waals surface area contributed by atoms with Gasteiger partial charge in [0.05, 0.1) is 0 Å². The molecular formula is C11H25N3. The molecule has 6 N–H and O–H groups in total. The Morgan fingerprint density at radius 3 is 2.43 bits per heavy atom. The van der Waals surface area contributed by atoms with Crippen molar-refractivity contribution in [2.75, 3.05) is 13.1 Å². The Bertz CT molecular complexity index is 155. The van der Waals surface area contributed by atoms with Crippen LogP contribution in [-0.2, 0) is 0 Å². The van der Waals surface area contributed by atoms with Crippen LogP contribution < -0.4 is 17.2 Å². The maximum Gasteiger partial charge on any atom is 0.00372 e. The zero-order valence-electron chi connectivity index (χ0n) is 9.34. The van der Waals surface area contributed by atoms with E-state index in [-0.39, 0.29) is 0 Å². The van der Waals surface area contributed by atoms with Gasteiger partial charge in [0.2, 0.25) is 0 Å². The number of hydrogen-bond donors (Lipinski definition) is 3. The Balaban J connectivity index is 3.57. The summed E-state index contributed by atoms with van der Waals surface area (Å²) in [5.41, 5.74) is 17.8. The molecule has 0 radical (unpaired) electrons. The van der Waals surface area contributed by atoms with Crippen LogP contribution in [0.2, 0.25) is 0 Å². The first-order chi connectivity index (χ1) is 6.74. The minimum Gasteiger partial charge on any atom is -0.402 e. The molecule has 1 unspecified atom stereocenters. The lowest BCUT2D eigenvalue weighted by molar-refractivity contribution is 0.439. The van der Waals surface area contributed by atoms with Crippen LogP contribution in [-0.4, -0.2) is 13.1 Å². The summed E-state index contributed by atoms with van der Waals surface area (Å²) in [5, 5.41) is 0. The summed E-state index contributed by atoms with van der Waals surface area (Å²) in [4.78, 5) is 0. The van der Waals surface area contributed by atoms with Gasteiger partial charge in [-0.05, 0) is 51.6 Å². The second kappa shape index (κ2) is 9.03. The monoisotopic (exact) mass is 199 g/mol. The van der Waals surface area contributed by atoms with E-state index >= 15 is 0 Å². The number of rotatable bonds is 8. The summed E-state index contributed by atoms with van der Waals surface area (Å²) < 4.78 is 0. The van der Waals surface area contributed by atoms with E-state index in [0.717, 1.165) is 38.0 Å². The molecule has 0 aromatic rings. The second-order valence-electron chi connectivity index (χ2n) is 3.79. The van der Waals surface area contributed by atoms with Crippen LogP contribution in [0.5, 0.6) is 0 Å². The Morgan fingerprint density at radius 2 is 1.93 bits per heavy atom. The van der Waals surface area contributed by atoms with E-state index in [0.29, 0.717) is 5.92 Å². The molecule has 0 aliphatic heterocycles. The fraction of sp³-hybridized carbons (Fsp3) is 0.818. The lowest BCUT2D eigenvalue weighted by Crippen LogP contribution is -2.15. The van der Waals surface area contributed by atoms with Gasteiger partial charge in [-0.2, -0.15) is 0 Å². The summed E-state index contributed by atoms with van der Waals surface area (Å²) in [6.07, 6.45) is 7.53. The molecular weight excluding hydrogens is 174 g/mol. The molecule has 0 amide bonds. The normalized spacial score (nSPS) is 14.4. The maximum atomic E-state index is 5.73. The molecule has 1 atom stereocenters. The Morgan fingerprint density at radius 1 is 1.21 bits per heavy atom. The van der Waals surface area contributed by atoms with Crippen LogP contribution in [0.25, 0.3) is 0 Å². The van der Waals surface area contributed by atoms with Gasteiger partial charge in [0.25, 0.3) is 0 Å². The highest BCUT2D eigenvalue weighted by molar-refractivity contribution is 4.93. The van der Waals surface area contributed by atoms with Gasteiger partial charge in [0.15, 0.2) is 0 Å². The average molecular weight is 199 g/mol. The van der Waals surface area contributed by atoms with E-state index in [4.69, 9.17) is 17.2 Å². The second-order valence-corrected chi connectivity index (χ2v) is 3.79. The van der Waals surface area contributed by atoms with Crippen molar-refractivity contribution in [3.05, 3.63) is 11.8 Å². The first-order valence-corrected chi connectivity index (χ1v) is 5.55. The Hall–Kier alpha value is -0.540. The van der Waals surface area contributed by atoms with Crippen LogP contribution in [0, 0.1) is 5.92 Å². The molecule has 0 fully saturated rings. The largest absolute Gasteiger partial charge is 0.402 e. The van der Waals surface area contributed by atoms with E-state index in [1.54, 1.807) is 0 Å². The van der Waals surface area contributed by atoms with Crippen LogP contribution >= 0.6 is 0 Å². The first-order valence-electron chi connectivity index (χ1n) is 5.55. The molecule has 0 saturated heterocycles. The molecule has 0 aromatic heterocycles. The van der Waals surface area contributed by atoms with Gasteiger partial charge in [-0.1, -0.05) is 12.5 Å². The van der Waals surface area contributed by atoms with E-state index in [1.165, 1.54) is 12.8 Å². The standard InChI is InChI=1S/C11H25N3/c1-2-11(14)7-6-10(9-13)5-3-4-8-12/h2,10H,3-9,12-14H2,1H3. The first kappa shape index (κ1) is 13.5. The number of allylic oxidation sites excluding steroid dienone is 2. The highest BCUT2D eigenvalue weighted by Crippen LogP contribution is 2.15. The molecule has 0 aromatic carbocycles. The predicted molar refractivity (Wildman–Crippen MR) is 62.6 cm³/mol. The summed E-state index contributed by atoms with van der Waals surface area (Å²) in [6, 6.07) is 0. The minimum absolute atomic E-state index is 0.611. The van der Waals surface area contributed by atoms with Crippen LogP contribution in [0.1, 0.15) is 39.0 Å². The van der Waals surface area contributed by atoms with Crippen molar-refractivity contribution in [2.45, 2.75) is 39.0 Å². The quantitative estimate of drug-likeness (QED) is 0.516. The zero-order valence-corrected chi connectivity index (χ0v) is 9.34. The molecule has 84 valence electrons. The van der Waals surface area contributed by atoms with Crippen molar-refractivity contribution in [1.29, 1.82) is 0 Å². The molecule has 14 heavy (non-hydrogen) atoms. The van der Waals surface area contributed by atoms with Crippen LogP contribution in [0.15, 0.2) is 11.8 Å². The molecule has 0 aliphatic rings. The van der Waals surface area contributed by atoms with Crippen molar-refractivity contribution >= 4 is 0 Å². The van der Waals surface area contributed by atoms with Crippen LogP contribution in [0.4, 0.5) is 0 Å². The number of nitrogens with two attached hydrogens (primary N) is 3. The average Bonchev–Trinajstić information content (AvgIpc) is 2.22. The molecule has 3 nitrogen and oxygen atoms in total. The molecule has 0 rings (SSSR count). The molecule has 0 spiro atoms. The summed E-state index contributed by atoms with van der Waals surface area (Å²) in [6.45, 7) is 3.52. The van der Waals surface area contributed by atoms with Gasteiger partial charge in [-0.25, -0.2) is 0 Å². The highest BCUT2D eigenvalue weighted by Gasteiger charge is 2.06. The number of hydrogen-bond acceptors (Lipinski definition) is 3. The topological polar surface area (TPSA) is 78.1 Å². The Kier molecular flexibility index (Phi) is 8.68. The van der Waals surface area contributed by atoms with Crippen molar-refractivity contribution in [2.24, 2.45) is 23.1 Å². The van der Waals surface area contributed by atoms with Gasteiger partial charge in [0.1, 0.15) is 0 Å². The summed E-state index contributed by atoms with van der Waals surface area (Å²) in [7, 11) is 0. The van der Waals surface area contributed by atoms with E-state index < -0.39 is 0 Å². The van der Waals surface area contributed by atoms with E-state index in [1.807, 2.05) is 13.0 Å². The molecule has 0 aliphatic carbocycles. The SMILES string of the molecule is CC=C(N)CCC(CN)CCCCN. The molecule has 0 saturated carbocycles. The fourth-order valence-electron chi connectivity index (χ4n) is 1.47.